The zero-order chi connectivity index (χ0) is 15.2. The summed E-state index contributed by atoms with van der Waals surface area (Å²) in [5.41, 5.74) is 3.78. The molecule has 0 aliphatic heterocycles. The van der Waals surface area contributed by atoms with Crippen molar-refractivity contribution in [3.05, 3.63) is 53.1 Å². The Morgan fingerprint density at radius 2 is 1.81 bits per heavy atom. The number of benzene rings is 2. The van der Waals surface area contributed by atoms with Crippen LogP contribution in [0.4, 0.5) is 5.69 Å². The third-order valence-corrected chi connectivity index (χ3v) is 3.27. The van der Waals surface area contributed by atoms with Crippen LogP contribution in [-0.2, 0) is 6.54 Å². The number of rotatable bonds is 5. The van der Waals surface area contributed by atoms with Crippen LogP contribution in [-0.4, -0.2) is 14.2 Å². The largest absolute Gasteiger partial charge is 0.493 e. The molecule has 2 aromatic rings. The molecule has 0 heterocycles. The summed E-state index contributed by atoms with van der Waals surface area (Å²) in [5, 5.41) is 12.3. The minimum Gasteiger partial charge on any atom is -0.493 e. The average Bonchev–Trinajstić information content (AvgIpc) is 2.53. The monoisotopic (exact) mass is 282 g/mol. The van der Waals surface area contributed by atoms with Crippen molar-refractivity contribution in [3.63, 3.8) is 0 Å². The van der Waals surface area contributed by atoms with E-state index in [1.54, 1.807) is 20.3 Å². The zero-order valence-corrected chi connectivity index (χ0v) is 12.4. The Kier molecular flexibility index (Phi) is 4.68. The molecule has 0 amide bonds. The first-order chi connectivity index (χ1) is 10.2. The third-order valence-electron chi connectivity index (χ3n) is 3.27. The summed E-state index contributed by atoms with van der Waals surface area (Å²) in [4.78, 5) is 0. The Balaban J connectivity index is 2.18. The van der Waals surface area contributed by atoms with E-state index in [0.717, 1.165) is 16.8 Å². The Bertz CT molecular complexity index is 675. The number of aryl methyl sites for hydroxylation is 1. The molecule has 0 aromatic heterocycles. The summed E-state index contributed by atoms with van der Waals surface area (Å²) in [7, 11) is 3.24. The van der Waals surface area contributed by atoms with Crippen molar-refractivity contribution < 1.29 is 9.47 Å². The molecule has 21 heavy (non-hydrogen) atoms. The molecule has 108 valence electrons. The summed E-state index contributed by atoms with van der Waals surface area (Å²) in [5.74, 6) is 1.41. The van der Waals surface area contributed by atoms with Gasteiger partial charge in [0.1, 0.15) is 0 Å². The number of ether oxygens (including phenoxy) is 2. The highest BCUT2D eigenvalue weighted by atomic mass is 16.5. The maximum absolute atomic E-state index is 8.92. The molecule has 2 rings (SSSR count). The molecular formula is C17H18N2O2. The molecule has 0 unspecified atom stereocenters. The number of nitrogens with one attached hydrogen (secondary N) is 1. The van der Waals surface area contributed by atoms with Crippen LogP contribution in [0.15, 0.2) is 36.4 Å². The number of nitrogens with zero attached hydrogens (tertiary/aromatic N) is 1. The lowest BCUT2D eigenvalue weighted by molar-refractivity contribution is 0.355. The lowest BCUT2D eigenvalue weighted by Crippen LogP contribution is -2.02. The summed E-state index contributed by atoms with van der Waals surface area (Å²) < 4.78 is 10.6. The number of nitriles is 1. The van der Waals surface area contributed by atoms with Crippen LogP contribution in [0.3, 0.4) is 0 Å². The van der Waals surface area contributed by atoms with Gasteiger partial charge < -0.3 is 14.8 Å². The van der Waals surface area contributed by atoms with Gasteiger partial charge in [-0.25, -0.2) is 0 Å². The molecule has 2 aromatic carbocycles. The van der Waals surface area contributed by atoms with Crippen LogP contribution in [0.5, 0.6) is 11.5 Å². The molecule has 0 aliphatic carbocycles. The minimum absolute atomic E-state index is 0.645. The van der Waals surface area contributed by atoms with Crippen LogP contribution in [0.1, 0.15) is 16.7 Å². The van der Waals surface area contributed by atoms with Gasteiger partial charge in [0.15, 0.2) is 11.5 Å². The van der Waals surface area contributed by atoms with Crippen molar-refractivity contribution in [1.29, 1.82) is 5.26 Å². The average molecular weight is 282 g/mol. The lowest BCUT2D eigenvalue weighted by atomic mass is 10.1. The van der Waals surface area contributed by atoms with E-state index in [9.17, 15) is 0 Å². The normalized spacial score (nSPS) is 9.81. The van der Waals surface area contributed by atoms with Gasteiger partial charge in [0.2, 0.25) is 0 Å². The highest BCUT2D eigenvalue weighted by Crippen LogP contribution is 2.33. The first-order valence-electron chi connectivity index (χ1n) is 6.63. The zero-order valence-electron chi connectivity index (χ0n) is 12.4. The standard InChI is InChI=1S/C17H18N2O2/c1-12-7-16(20-2)17(21-3)9-15(12)19-11-14-6-4-5-13(8-14)10-18/h4-9,19H,11H2,1-3H3. The third kappa shape index (κ3) is 3.46. The Morgan fingerprint density at radius 1 is 1.10 bits per heavy atom. The van der Waals surface area contributed by atoms with Gasteiger partial charge in [0.05, 0.1) is 25.9 Å². The molecule has 4 heteroatoms. The summed E-state index contributed by atoms with van der Waals surface area (Å²) in [6.45, 7) is 2.65. The topological polar surface area (TPSA) is 54.3 Å². The van der Waals surface area contributed by atoms with Gasteiger partial charge in [-0.1, -0.05) is 12.1 Å². The Morgan fingerprint density at radius 3 is 2.48 bits per heavy atom. The maximum atomic E-state index is 8.92. The van der Waals surface area contributed by atoms with Crippen molar-refractivity contribution in [3.8, 4) is 17.6 Å². The van der Waals surface area contributed by atoms with Crippen molar-refractivity contribution >= 4 is 5.69 Å². The number of methoxy groups -OCH3 is 2. The Hall–Kier alpha value is -2.67. The molecule has 0 bridgehead atoms. The van der Waals surface area contributed by atoms with E-state index in [-0.39, 0.29) is 0 Å². The second-order valence-corrected chi connectivity index (χ2v) is 4.69. The molecule has 0 spiro atoms. The fourth-order valence-electron chi connectivity index (χ4n) is 2.12. The minimum atomic E-state index is 0.645. The first kappa shape index (κ1) is 14.7. The lowest BCUT2D eigenvalue weighted by Gasteiger charge is -2.14. The fraction of sp³-hybridized carbons (Fsp3) is 0.235. The fourth-order valence-corrected chi connectivity index (χ4v) is 2.12. The van der Waals surface area contributed by atoms with Gasteiger partial charge in [0.25, 0.3) is 0 Å². The van der Waals surface area contributed by atoms with E-state index in [4.69, 9.17) is 14.7 Å². The van der Waals surface area contributed by atoms with Gasteiger partial charge >= 0.3 is 0 Å². The van der Waals surface area contributed by atoms with Crippen LogP contribution in [0.2, 0.25) is 0 Å². The van der Waals surface area contributed by atoms with Crippen LogP contribution < -0.4 is 14.8 Å². The van der Waals surface area contributed by atoms with E-state index in [0.29, 0.717) is 23.6 Å². The predicted molar refractivity (Wildman–Crippen MR) is 82.8 cm³/mol. The van der Waals surface area contributed by atoms with Crippen LogP contribution in [0.25, 0.3) is 0 Å². The molecule has 0 radical (unpaired) electrons. The number of hydrogen-bond acceptors (Lipinski definition) is 4. The SMILES string of the molecule is COc1cc(C)c(NCc2cccc(C#N)c2)cc1OC. The number of hydrogen-bond donors (Lipinski definition) is 1. The van der Waals surface area contributed by atoms with Crippen molar-refractivity contribution in [2.75, 3.05) is 19.5 Å². The summed E-state index contributed by atoms with van der Waals surface area (Å²) in [6.07, 6.45) is 0. The van der Waals surface area contributed by atoms with E-state index in [2.05, 4.69) is 11.4 Å². The quantitative estimate of drug-likeness (QED) is 0.912. The second-order valence-electron chi connectivity index (χ2n) is 4.69. The molecule has 0 fully saturated rings. The van der Waals surface area contributed by atoms with Crippen molar-refractivity contribution in [1.82, 2.24) is 0 Å². The van der Waals surface area contributed by atoms with Gasteiger partial charge in [0, 0.05) is 18.3 Å². The maximum Gasteiger partial charge on any atom is 0.162 e. The predicted octanol–water partition coefficient (Wildman–Crippen LogP) is 3.50. The van der Waals surface area contributed by atoms with Gasteiger partial charge in [-0.15, -0.1) is 0 Å². The summed E-state index contributed by atoms with van der Waals surface area (Å²) in [6, 6.07) is 13.6. The molecule has 0 saturated heterocycles. The van der Waals surface area contributed by atoms with Gasteiger partial charge in [-0.05, 0) is 36.2 Å². The van der Waals surface area contributed by atoms with Crippen LogP contribution >= 0.6 is 0 Å². The first-order valence-corrected chi connectivity index (χ1v) is 6.63. The smallest absolute Gasteiger partial charge is 0.162 e. The molecule has 0 saturated carbocycles. The van der Waals surface area contributed by atoms with Crippen molar-refractivity contribution in [2.45, 2.75) is 13.5 Å². The van der Waals surface area contributed by atoms with E-state index in [1.807, 2.05) is 37.3 Å². The molecule has 1 N–H and O–H groups in total. The molecule has 4 nitrogen and oxygen atoms in total. The van der Waals surface area contributed by atoms with Crippen LogP contribution in [0, 0.1) is 18.3 Å². The second kappa shape index (κ2) is 6.67. The highest BCUT2D eigenvalue weighted by Gasteiger charge is 2.08. The van der Waals surface area contributed by atoms with Gasteiger partial charge in [-0.2, -0.15) is 5.26 Å². The Labute approximate surface area is 124 Å². The van der Waals surface area contributed by atoms with E-state index >= 15 is 0 Å². The van der Waals surface area contributed by atoms with E-state index < -0.39 is 0 Å². The van der Waals surface area contributed by atoms with Crippen molar-refractivity contribution in [2.24, 2.45) is 0 Å². The highest BCUT2D eigenvalue weighted by molar-refractivity contribution is 5.60. The molecule has 0 atom stereocenters. The molecular weight excluding hydrogens is 264 g/mol. The molecule has 0 aliphatic rings. The summed E-state index contributed by atoms with van der Waals surface area (Å²) >= 11 is 0. The van der Waals surface area contributed by atoms with Gasteiger partial charge in [-0.3, -0.25) is 0 Å². The van der Waals surface area contributed by atoms with E-state index in [1.165, 1.54) is 0 Å². The number of anilines is 1.